The van der Waals surface area contributed by atoms with Crippen LogP contribution in [0.3, 0.4) is 0 Å². The average Bonchev–Trinajstić information content (AvgIpc) is 2.01. The maximum atomic E-state index is 8.55. The predicted octanol–water partition coefficient (Wildman–Crippen LogP) is -0.0899. The van der Waals surface area contributed by atoms with Gasteiger partial charge in [-0.15, -0.1) is 0 Å². The van der Waals surface area contributed by atoms with Gasteiger partial charge in [0.05, 0.1) is 0 Å². The Morgan fingerprint density at radius 1 is 1.27 bits per heavy atom. The third kappa shape index (κ3) is 7.78. The van der Waals surface area contributed by atoms with Crippen molar-refractivity contribution in [3.05, 3.63) is 0 Å². The molecule has 0 radical (unpaired) electrons. The van der Waals surface area contributed by atoms with Crippen molar-refractivity contribution in [2.24, 2.45) is 0 Å². The Morgan fingerprint density at radius 3 is 2.45 bits per heavy atom. The number of rotatable bonds is 7. The molecule has 11 heavy (non-hydrogen) atoms. The van der Waals surface area contributed by atoms with Crippen molar-refractivity contribution in [1.82, 2.24) is 10.2 Å². The van der Waals surface area contributed by atoms with E-state index in [1.165, 1.54) is 6.42 Å². The first-order chi connectivity index (χ1) is 5.31. The quantitative estimate of drug-likeness (QED) is 0.511. The van der Waals surface area contributed by atoms with Crippen molar-refractivity contribution < 1.29 is 5.11 Å². The average molecular weight is 160 g/mol. The highest BCUT2D eigenvalue weighted by Crippen LogP contribution is 1.88. The SMILES string of the molecule is CNCCCN(C)CCCO. The van der Waals surface area contributed by atoms with E-state index in [0.717, 1.165) is 26.1 Å². The van der Waals surface area contributed by atoms with Crippen molar-refractivity contribution in [3.63, 3.8) is 0 Å². The summed E-state index contributed by atoms with van der Waals surface area (Å²) < 4.78 is 0. The van der Waals surface area contributed by atoms with Gasteiger partial charge < -0.3 is 15.3 Å². The number of aliphatic hydroxyl groups excluding tert-OH is 1. The molecule has 0 atom stereocenters. The summed E-state index contributed by atoms with van der Waals surface area (Å²) in [6.45, 7) is 3.49. The summed E-state index contributed by atoms with van der Waals surface area (Å²) in [5, 5.41) is 11.7. The topological polar surface area (TPSA) is 35.5 Å². The molecule has 68 valence electrons. The monoisotopic (exact) mass is 160 g/mol. The molecule has 2 N–H and O–H groups in total. The summed E-state index contributed by atoms with van der Waals surface area (Å²) in [6, 6.07) is 0. The highest BCUT2D eigenvalue weighted by atomic mass is 16.3. The van der Waals surface area contributed by atoms with Crippen LogP contribution in [0.2, 0.25) is 0 Å². The van der Waals surface area contributed by atoms with Gasteiger partial charge in [-0.2, -0.15) is 0 Å². The third-order valence-electron chi connectivity index (χ3n) is 1.66. The van der Waals surface area contributed by atoms with Crippen LogP contribution >= 0.6 is 0 Å². The van der Waals surface area contributed by atoms with Gasteiger partial charge >= 0.3 is 0 Å². The molecule has 3 heteroatoms. The van der Waals surface area contributed by atoms with Crippen molar-refractivity contribution in [1.29, 1.82) is 0 Å². The summed E-state index contributed by atoms with van der Waals surface area (Å²) in [5.41, 5.74) is 0. The van der Waals surface area contributed by atoms with Crippen LogP contribution in [-0.4, -0.2) is 50.3 Å². The lowest BCUT2D eigenvalue weighted by Crippen LogP contribution is -2.24. The van der Waals surface area contributed by atoms with Crippen LogP contribution < -0.4 is 5.32 Å². The van der Waals surface area contributed by atoms with Crippen molar-refractivity contribution in [2.75, 3.05) is 40.3 Å². The van der Waals surface area contributed by atoms with Crippen LogP contribution in [0.5, 0.6) is 0 Å². The van der Waals surface area contributed by atoms with Crippen molar-refractivity contribution in [2.45, 2.75) is 12.8 Å². The second kappa shape index (κ2) is 7.98. The number of hydrogen-bond donors (Lipinski definition) is 2. The molecule has 0 fully saturated rings. The van der Waals surface area contributed by atoms with E-state index >= 15 is 0 Å². The van der Waals surface area contributed by atoms with E-state index in [1.807, 2.05) is 7.05 Å². The smallest absolute Gasteiger partial charge is 0.0443 e. The lowest BCUT2D eigenvalue weighted by molar-refractivity contribution is 0.246. The fourth-order valence-electron chi connectivity index (χ4n) is 0.978. The minimum Gasteiger partial charge on any atom is -0.396 e. The Bertz CT molecular complexity index is 78.5. The molecule has 0 aromatic carbocycles. The fourth-order valence-corrected chi connectivity index (χ4v) is 0.978. The highest BCUT2D eigenvalue weighted by molar-refractivity contribution is 4.52. The van der Waals surface area contributed by atoms with Gasteiger partial charge in [-0.3, -0.25) is 0 Å². The van der Waals surface area contributed by atoms with Crippen LogP contribution in [0.25, 0.3) is 0 Å². The van der Waals surface area contributed by atoms with Gasteiger partial charge in [0.1, 0.15) is 0 Å². The molecule has 0 aliphatic carbocycles. The maximum Gasteiger partial charge on any atom is 0.0443 e. The van der Waals surface area contributed by atoms with E-state index in [2.05, 4.69) is 17.3 Å². The number of nitrogens with zero attached hydrogens (tertiary/aromatic N) is 1. The predicted molar refractivity (Wildman–Crippen MR) is 47.7 cm³/mol. The maximum absolute atomic E-state index is 8.55. The van der Waals surface area contributed by atoms with Crippen LogP contribution in [0.15, 0.2) is 0 Å². The van der Waals surface area contributed by atoms with Gasteiger partial charge in [0.25, 0.3) is 0 Å². The Morgan fingerprint density at radius 2 is 1.91 bits per heavy atom. The number of hydrogen-bond acceptors (Lipinski definition) is 3. The zero-order chi connectivity index (χ0) is 8.53. The molecule has 3 nitrogen and oxygen atoms in total. The van der Waals surface area contributed by atoms with E-state index in [4.69, 9.17) is 5.11 Å². The van der Waals surface area contributed by atoms with E-state index in [1.54, 1.807) is 0 Å². The molecule has 0 spiro atoms. The minimum absolute atomic E-state index is 0.302. The minimum atomic E-state index is 0.302. The molecule has 0 heterocycles. The first-order valence-corrected chi connectivity index (χ1v) is 4.25. The second-order valence-electron chi connectivity index (χ2n) is 2.84. The summed E-state index contributed by atoms with van der Waals surface area (Å²) >= 11 is 0. The van der Waals surface area contributed by atoms with Crippen molar-refractivity contribution >= 4 is 0 Å². The zero-order valence-corrected chi connectivity index (χ0v) is 7.64. The normalized spacial score (nSPS) is 10.9. The molecule has 0 aliphatic heterocycles. The summed E-state index contributed by atoms with van der Waals surface area (Å²) in [4.78, 5) is 2.24. The standard InChI is InChI=1S/C8H20N2O/c1-9-5-3-6-10(2)7-4-8-11/h9,11H,3-8H2,1-2H3. The lowest BCUT2D eigenvalue weighted by Gasteiger charge is -2.15. The van der Waals surface area contributed by atoms with E-state index in [9.17, 15) is 0 Å². The highest BCUT2D eigenvalue weighted by Gasteiger charge is 1.95. The van der Waals surface area contributed by atoms with Crippen LogP contribution in [0.1, 0.15) is 12.8 Å². The van der Waals surface area contributed by atoms with Gasteiger partial charge in [-0.1, -0.05) is 0 Å². The van der Waals surface area contributed by atoms with Gasteiger partial charge in [0, 0.05) is 13.2 Å². The molecule has 0 saturated carbocycles. The summed E-state index contributed by atoms with van der Waals surface area (Å²) in [5.74, 6) is 0. The van der Waals surface area contributed by atoms with E-state index < -0.39 is 0 Å². The Labute approximate surface area is 69.4 Å². The number of nitrogens with one attached hydrogen (secondary N) is 1. The van der Waals surface area contributed by atoms with Gasteiger partial charge in [0.15, 0.2) is 0 Å². The zero-order valence-electron chi connectivity index (χ0n) is 7.64. The largest absolute Gasteiger partial charge is 0.396 e. The van der Waals surface area contributed by atoms with E-state index in [-0.39, 0.29) is 0 Å². The van der Waals surface area contributed by atoms with Crippen LogP contribution in [0.4, 0.5) is 0 Å². The molecular weight excluding hydrogens is 140 g/mol. The Balaban J connectivity index is 3.02. The molecule has 0 unspecified atom stereocenters. The Hall–Kier alpha value is -0.120. The van der Waals surface area contributed by atoms with Crippen LogP contribution in [0, 0.1) is 0 Å². The molecule has 0 rings (SSSR count). The molecule has 0 aromatic heterocycles. The third-order valence-corrected chi connectivity index (χ3v) is 1.66. The Kier molecular flexibility index (Phi) is 7.89. The summed E-state index contributed by atoms with van der Waals surface area (Å²) in [7, 11) is 4.05. The van der Waals surface area contributed by atoms with Gasteiger partial charge in [-0.25, -0.2) is 0 Å². The first kappa shape index (κ1) is 10.9. The first-order valence-electron chi connectivity index (χ1n) is 4.25. The number of aliphatic hydroxyl groups is 1. The van der Waals surface area contributed by atoms with Crippen molar-refractivity contribution in [3.8, 4) is 0 Å². The molecule has 0 bridgehead atoms. The molecule has 0 amide bonds. The van der Waals surface area contributed by atoms with Gasteiger partial charge in [-0.05, 0) is 40.0 Å². The van der Waals surface area contributed by atoms with Crippen LogP contribution in [-0.2, 0) is 0 Å². The molecular formula is C8H20N2O. The van der Waals surface area contributed by atoms with E-state index in [0.29, 0.717) is 6.61 Å². The second-order valence-corrected chi connectivity index (χ2v) is 2.84. The van der Waals surface area contributed by atoms with Gasteiger partial charge in [0.2, 0.25) is 0 Å². The molecule has 0 aromatic rings. The fraction of sp³-hybridized carbons (Fsp3) is 1.00. The molecule has 0 saturated heterocycles. The molecule has 0 aliphatic rings. The summed E-state index contributed by atoms with van der Waals surface area (Å²) in [6.07, 6.45) is 2.06. The lowest BCUT2D eigenvalue weighted by atomic mass is 10.3.